The van der Waals surface area contributed by atoms with Crippen LogP contribution in [0.5, 0.6) is 0 Å². The average Bonchev–Trinajstić information content (AvgIpc) is 2.87. The van der Waals surface area contributed by atoms with Crippen molar-refractivity contribution in [2.24, 2.45) is 0 Å². The Bertz CT molecular complexity index is 489. The number of halogens is 1. The molecule has 19 heavy (non-hydrogen) atoms. The molecule has 1 aromatic rings. The Morgan fingerprint density at radius 2 is 2.00 bits per heavy atom. The lowest BCUT2D eigenvalue weighted by molar-refractivity contribution is -0.119. The molecule has 0 atom stereocenters. The highest BCUT2D eigenvalue weighted by Crippen LogP contribution is 2.29. The molecule has 1 N–H and O–H groups in total. The average molecular weight is 278 g/mol. The predicted octanol–water partition coefficient (Wildman–Crippen LogP) is 2.87. The first kappa shape index (κ1) is 13.9. The van der Waals surface area contributed by atoms with Gasteiger partial charge in [0.2, 0.25) is 5.91 Å². The highest BCUT2D eigenvalue weighted by Gasteiger charge is 2.35. The Balaban J connectivity index is 1.85. The second kappa shape index (κ2) is 6.07. The zero-order valence-corrected chi connectivity index (χ0v) is 11.3. The van der Waals surface area contributed by atoms with Crippen molar-refractivity contribution in [2.75, 3.05) is 5.75 Å². The molecule has 100 valence electrons. The van der Waals surface area contributed by atoms with E-state index in [4.69, 9.17) is 5.26 Å². The highest BCUT2D eigenvalue weighted by molar-refractivity contribution is 8.00. The normalized spacial score (nSPS) is 16.8. The minimum Gasteiger partial charge on any atom is -0.337 e. The van der Waals surface area contributed by atoms with Crippen molar-refractivity contribution in [3.63, 3.8) is 0 Å². The second-order valence-corrected chi connectivity index (χ2v) is 5.74. The Morgan fingerprint density at radius 3 is 2.58 bits per heavy atom. The summed E-state index contributed by atoms with van der Waals surface area (Å²) in [4.78, 5) is 12.7. The van der Waals surface area contributed by atoms with E-state index in [9.17, 15) is 9.18 Å². The number of hydrogen-bond donors (Lipinski definition) is 1. The van der Waals surface area contributed by atoms with Crippen molar-refractivity contribution in [1.82, 2.24) is 5.32 Å². The quantitative estimate of drug-likeness (QED) is 0.862. The Kier molecular flexibility index (Phi) is 4.43. The predicted molar refractivity (Wildman–Crippen MR) is 72.1 cm³/mol. The summed E-state index contributed by atoms with van der Waals surface area (Å²) in [7, 11) is 0. The topological polar surface area (TPSA) is 52.9 Å². The lowest BCUT2D eigenvalue weighted by Crippen LogP contribution is -2.45. The number of nitrogens with zero attached hydrogens (tertiary/aromatic N) is 1. The van der Waals surface area contributed by atoms with Gasteiger partial charge in [-0.3, -0.25) is 4.79 Å². The van der Waals surface area contributed by atoms with E-state index in [1.165, 1.54) is 23.9 Å². The summed E-state index contributed by atoms with van der Waals surface area (Å²) in [6.45, 7) is 0. The van der Waals surface area contributed by atoms with E-state index in [-0.39, 0.29) is 17.5 Å². The van der Waals surface area contributed by atoms with Gasteiger partial charge in [0.05, 0.1) is 11.8 Å². The Labute approximate surface area is 116 Å². The SMILES string of the molecule is N#CC1(NC(=O)CSc2ccc(F)cc2)CCCC1. The molecule has 1 aliphatic rings. The largest absolute Gasteiger partial charge is 0.337 e. The van der Waals surface area contributed by atoms with Crippen LogP contribution in [-0.2, 0) is 4.79 Å². The summed E-state index contributed by atoms with van der Waals surface area (Å²) >= 11 is 1.34. The third kappa shape index (κ3) is 3.71. The fourth-order valence-electron chi connectivity index (χ4n) is 2.23. The van der Waals surface area contributed by atoms with Gasteiger partial charge in [-0.15, -0.1) is 11.8 Å². The second-order valence-electron chi connectivity index (χ2n) is 4.69. The molecule has 0 radical (unpaired) electrons. The fraction of sp³-hybridized carbons (Fsp3) is 0.429. The molecule has 0 spiro atoms. The molecule has 0 saturated heterocycles. The number of hydrogen-bond acceptors (Lipinski definition) is 3. The van der Waals surface area contributed by atoms with Crippen LogP contribution in [0.2, 0.25) is 0 Å². The maximum atomic E-state index is 12.7. The first-order valence-electron chi connectivity index (χ1n) is 6.24. The number of benzene rings is 1. The van der Waals surface area contributed by atoms with E-state index in [0.29, 0.717) is 0 Å². The van der Waals surface area contributed by atoms with E-state index in [0.717, 1.165) is 30.6 Å². The summed E-state index contributed by atoms with van der Waals surface area (Å²) in [5.74, 6) is -0.185. The van der Waals surface area contributed by atoms with Crippen molar-refractivity contribution in [3.05, 3.63) is 30.1 Å². The number of nitriles is 1. The van der Waals surface area contributed by atoms with Crippen molar-refractivity contribution in [2.45, 2.75) is 36.1 Å². The van der Waals surface area contributed by atoms with Crippen LogP contribution in [0.25, 0.3) is 0 Å². The molecule has 1 amide bonds. The number of carbonyl (C=O) groups excluding carboxylic acids is 1. The molecule has 1 saturated carbocycles. The molecule has 2 rings (SSSR count). The Morgan fingerprint density at radius 1 is 1.37 bits per heavy atom. The van der Waals surface area contributed by atoms with Crippen LogP contribution < -0.4 is 5.32 Å². The number of amides is 1. The van der Waals surface area contributed by atoms with Gasteiger partial charge in [0.1, 0.15) is 11.4 Å². The van der Waals surface area contributed by atoms with Crippen LogP contribution in [0.4, 0.5) is 4.39 Å². The monoisotopic (exact) mass is 278 g/mol. The number of thioether (sulfide) groups is 1. The minimum absolute atomic E-state index is 0.141. The fourth-order valence-corrected chi connectivity index (χ4v) is 2.92. The Hall–Kier alpha value is -1.54. The first-order valence-corrected chi connectivity index (χ1v) is 7.23. The molecule has 3 nitrogen and oxygen atoms in total. The third-order valence-corrected chi connectivity index (χ3v) is 4.25. The lowest BCUT2D eigenvalue weighted by Gasteiger charge is -2.21. The zero-order chi connectivity index (χ0) is 13.7. The van der Waals surface area contributed by atoms with Gasteiger partial charge < -0.3 is 5.32 Å². The summed E-state index contributed by atoms with van der Waals surface area (Å²) in [6.07, 6.45) is 3.44. The van der Waals surface area contributed by atoms with Crippen molar-refractivity contribution in [3.8, 4) is 6.07 Å². The van der Waals surface area contributed by atoms with Gasteiger partial charge in [-0.25, -0.2) is 4.39 Å². The van der Waals surface area contributed by atoms with Gasteiger partial charge in [-0.05, 0) is 49.9 Å². The van der Waals surface area contributed by atoms with Crippen LogP contribution >= 0.6 is 11.8 Å². The number of nitrogens with one attached hydrogen (secondary N) is 1. The van der Waals surface area contributed by atoms with E-state index in [2.05, 4.69) is 11.4 Å². The van der Waals surface area contributed by atoms with Gasteiger partial charge in [0.25, 0.3) is 0 Å². The standard InChI is InChI=1S/C14H15FN2OS/c15-11-3-5-12(6-4-11)19-9-13(18)17-14(10-16)7-1-2-8-14/h3-6H,1-2,7-9H2,(H,17,18). The van der Waals surface area contributed by atoms with Crippen molar-refractivity contribution in [1.29, 1.82) is 5.26 Å². The van der Waals surface area contributed by atoms with Gasteiger partial charge >= 0.3 is 0 Å². The van der Waals surface area contributed by atoms with E-state index in [1.54, 1.807) is 12.1 Å². The summed E-state index contributed by atoms with van der Waals surface area (Å²) in [5, 5.41) is 12.0. The maximum absolute atomic E-state index is 12.7. The molecule has 1 aliphatic carbocycles. The molecule has 0 unspecified atom stereocenters. The van der Waals surface area contributed by atoms with Crippen molar-refractivity contribution >= 4 is 17.7 Å². The van der Waals surface area contributed by atoms with E-state index >= 15 is 0 Å². The molecule has 0 bridgehead atoms. The van der Waals surface area contributed by atoms with Crippen LogP contribution in [0, 0.1) is 17.1 Å². The molecule has 1 aromatic carbocycles. The smallest absolute Gasteiger partial charge is 0.231 e. The molecule has 5 heteroatoms. The van der Waals surface area contributed by atoms with Gasteiger partial charge in [-0.2, -0.15) is 5.26 Å². The first-order chi connectivity index (χ1) is 9.13. The van der Waals surface area contributed by atoms with Crippen LogP contribution in [0.15, 0.2) is 29.2 Å². The zero-order valence-electron chi connectivity index (χ0n) is 10.5. The van der Waals surface area contributed by atoms with Gasteiger partial charge in [-0.1, -0.05) is 0 Å². The van der Waals surface area contributed by atoms with Crippen LogP contribution in [0.1, 0.15) is 25.7 Å². The van der Waals surface area contributed by atoms with Gasteiger partial charge in [0.15, 0.2) is 0 Å². The maximum Gasteiger partial charge on any atom is 0.231 e. The number of rotatable bonds is 4. The summed E-state index contributed by atoms with van der Waals surface area (Å²) in [5.41, 5.74) is -0.666. The minimum atomic E-state index is -0.666. The van der Waals surface area contributed by atoms with Crippen LogP contribution in [-0.4, -0.2) is 17.2 Å². The molecular weight excluding hydrogens is 263 g/mol. The van der Waals surface area contributed by atoms with E-state index in [1.807, 2.05) is 0 Å². The van der Waals surface area contributed by atoms with E-state index < -0.39 is 5.54 Å². The highest BCUT2D eigenvalue weighted by atomic mass is 32.2. The number of carbonyl (C=O) groups is 1. The van der Waals surface area contributed by atoms with Crippen molar-refractivity contribution < 1.29 is 9.18 Å². The molecule has 0 heterocycles. The lowest BCUT2D eigenvalue weighted by atomic mass is 10.0. The van der Waals surface area contributed by atoms with Crippen LogP contribution in [0.3, 0.4) is 0 Å². The van der Waals surface area contributed by atoms with Gasteiger partial charge in [0, 0.05) is 4.90 Å². The molecule has 0 aliphatic heterocycles. The summed E-state index contributed by atoms with van der Waals surface area (Å²) in [6, 6.07) is 8.24. The third-order valence-electron chi connectivity index (χ3n) is 3.23. The molecular formula is C14H15FN2OS. The summed E-state index contributed by atoms with van der Waals surface area (Å²) < 4.78 is 12.7. The molecule has 1 fully saturated rings. The molecule has 0 aromatic heterocycles.